The predicted molar refractivity (Wildman–Crippen MR) is 78.7 cm³/mol. The minimum atomic E-state index is -0.453. The minimum absolute atomic E-state index is 0.187. The van der Waals surface area contributed by atoms with Crippen molar-refractivity contribution in [3.05, 3.63) is 45.4 Å². The van der Waals surface area contributed by atoms with Gasteiger partial charge in [0.05, 0.1) is 21.4 Å². The summed E-state index contributed by atoms with van der Waals surface area (Å²) >= 11 is 3.10. The molecule has 0 atom stereocenters. The van der Waals surface area contributed by atoms with Crippen LogP contribution in [0.5, 0.6) is 0 Å². The third-order valence-electron chi connectivity index (χ3n) is 3.00. The molecule has 1 N–H and O–H groups in total. The number of nitrogens with zero attached hydrogens (tertiary/aromatic N) is 3. The van der Waals surface area contributed by atoms with E-state index < -0.39 is 5.82 Å². The second-order valence-electron chi connectivity index (χ2n) is 4.38. The summed E-state index contributed by atoms with van der Waals surface area (Å²) in [5.41, 5.74) is 2.67. The van der Waals surface area contributed by atoms with Crippen LogP contribution in [-0.4, -0.2) is 9.78 Å². The maximum Gasteiger partial charge on any atom is 0.161 e. The lowest BCUT2D eigenvalue weighted by molar-refractivity contribution is 0.623. The Bertz CT molecular complexity index is 673. The van der Waals surface area contributed by atoms with E-state index in [9.17, 15) is 4.39 Å². The molecule has 0 amide bonds. The van der Waals surface area contributed by atoms with Crippen molar-refractivity contribution in [1.82, 2.24) is 9.78 Å². The third kappa shape index (κ3) is 2.83. The van der Waals surface area contributed by atoms with Gasteiger partial charge in [-0.3, -0.25) is 4.68 Å². The molecule has 20 heavy (non-hydrogen) atoms. The molecule has 2 aromatic rings. The van der Waals surface area contributed by atoms with E-state index in [1.807, 2.05) is 26.2 Å². The Labute approximate surface area is 125 Å². The summed E-state index contributed by atoms with van der Waals surface area (Å²) < 4.78 is 16.0. The van der Waals surface area contributed by atoms with Crippen LogP contribution in [0.25, 0.3) is 0 Å². The van der Waals surface area contributed by atoms with Crippen LogP contribution in [0.15, 0.2) is 22.8 Å². The largest absolute Gasteiger partial charge is 0.378 e. The molecule has 1 aromatic heterocycles. The van der Waals surface area contributed by atoms with Crippen molar-refractivity contribution in [2.75, 3.05) is 5.32 Å². The van der Waals surface area contributed by atoms with Crippen LogP contribution >= 0.6 is 15.9 Å². The van der Waals surface area contributed by atoms with Crippen LogP contribution in [0, 0.1) is 17.1 Å². The minimum Gasteiger partial charge on any atom is -0.378 e. The smallest absolute Gasteiger partial charge is 0.161 e. The van der Waals surface area contributed by atoms with Gasteiger partial charge in [-0.15, -0.1) is 0 Å². The average Bonchev–Trinajstić information content (AvgIpc) is 2.81. The molecule has 0 bridgehead atoms. The van der Waals surface area contributed by atoms with Crippen LogP contribution in [0.3, 0.4) is 0 Å². The molecule has 2 rings (SSSR count). The molecule has 0 unspecified atom stereocenters. The molecular formula is C14H14BrFN4. The van der Waals surface area contributed by atoms with Gasteiger partial charge in [0.2, 0.25) is 0 Å². The molecule has 104 valence electrons. The highest BCUT2D eigenvalue weighted by atomic mass is 79.9. The number of nitrogens with one attached hydrogen (secondary N) is 1. The van der Waals surface area contributed by atoms with E-state index in [0.29, 0.717) is 12.2 Å². The molecule has 0 aliphatic heterocycles. The highest BCUT2D eigenvalue weighted by Gasteiger charge is 2.12. The molecular weight excluding hydrogens is 323 g/mol. The van der Waals surface area contributed by atoms with E-state index >= 15 is 0 Å². The first-order chi connectivity index (χ1) is 9.56. The molecule has 0 fully saturated rings. The van der Waals surface area contributed by atoms with E-state index in [-0.39, 0.29) is 10.0 Å². The number of hydrogen-bond acceptors (Lipinski definition) is 3. The highest BCUT2D eigenvalue weighted by Crippen LogP contribution is 2.27. The maximum atomic E-state index is 14.1. The summed E-state index contributed by atoms with van der Waals surface area (Å²) in [6.07, 6.45) is 2.75. The van der Waals surface area contributed by atoms with E-state index in [4.69, 9.17) is 5.26 Å². The summed E-state index contributed by atoms with van der Waals surface area (Å²) in [5.74, 6) is -0.453. The van der Waals surface area contributed by atoms with Crippen molar-refractivity contribution < 1.29 is 4.39 Å². The van der Waals surface area contributed by atoms with Crippen molar-refractivity contribution in [3.63, 3.8) is 0 Å². The van der Waals surface area contributed by atoms with E-state index in [2.05, 4.69) is 26.3 Å². The normalized spacial score (nSPS) is 10.3. The van der Waals surface area contributed by atoms with E-state index in [0.717, 1.165) is 17.7 Å². The Hall–Kier alpha value is -1.87. The molecule has 1 aromatic carbocycles. The van der Waals surface area contributed by atoms with Gasteiger partial charge in [-0.2, -0.15) is 10.4 Å². The number of aryl methyl sites for hydroxylation is 2. The van der Waals surface area contributed by atoms with Gasteiger partial charge in [-0.25, -0.2) is 4.39 Å². The fourth-order valence-electron chi connectivity index (χ4n) is 1.99. The zero-order chi connectivity index (χ0) is 14.7. The van der Waals surface area contributed by atoms with Crippen LogP contribution in [0.2, 0.25) is 0 Å². The lowest BCUT2D eigenvalue weighted by Gasteiger charge is -2.09. The van der Waals surface area contributed by atoms with Gasteiger partial charge in [0.25, 0.3) is 0 Å². The summed E-state index contributed by atoms with van der Waals surface area (Å²) in [4.78, 5) is 0. The number of rotatable bonds is 4. The Balaban J connectivity index is 2.19. The Morgan fingerprint density at radius 3 is 2.90 bits per heavy atom. The number of benzene rings is 1. The molecule has 0 spiro atoms. The van der Waals surface area contributed by atoms with Gasteiger partial charge in [-0.1, -0.05) is 6.92 Å². The van der Waals surface area contributed by atoms with Gasteiger partial charge in [-0.05, 0) is 34.5 Å². The Kier molecular flexibility index (Phi) is 4.40. The second-order valence-corrected chi connectivity index (χ2v) is 5.18. The van der Waals surface area contributed by atoms with Crippen LogP contribution < -0.4 is 5.32 Å². The fraction of sp³-hybridized carbons (Fsp3) is 0.286. The van der Waals surface area contributed by atoms with Crippen molar-refractivity contribution in [2.45, 2.75) is 19.9 Å². The predicted octanol–water partition coefficient (Wildman–Crippen LogP) is 3.37. The summed E-state index contributed by atoms with van der Waals surface area (Å²) in [7, 11) is 1.86. The standard InChI is InChI=1S/C14H14BrFN4/c1-3-11-10(8-20(2)19-11)7-18-12-5-4-9(6-17)13(15)14(12)16/h4-5,8,18H,3,7H2,1-2H3. The van der Waals surface area contributed by atoms with Gasteiger partial charge in [0, 0.05) is 25.4 Å². The average molecular weight is 337 g/mol. The highest BCUT2D eigenvalue weighted by molar-refractivity contribution is 9.10. The topological polar surface area (TPSA) is 53.6 Å². The number of nitriles is 1. The molecule has 4 nitrogen and oxygen atoms in total. The first-order valence-corrected chi connectivity index (χ1v) is 6.99. The molecule has 0 saturated carbocycles. The van der Waals surface area contributed by atoms with E-state index in [1.165, 1.54) is 0 Å². The first-order valence-electron chi connectivity index (χ1n) is 6.20. The number of anilines is 1. The summed E-state index contributed by atoms with van der Waals surface area (Å²) in [6, 6.07) is 5.08. The SMILES string of the molecule is CCc1nn(C)cc1CNc1ccc(C#N)c(Br)c1F. The summed E-state index contributed by atoms with van der Waals surface area (Å²) in [6.45, 7) is 2.52. The lowest BCUT2D eigenvalue weighted by atomic mass is 10.2. The number of halogens is 2. The van der Waals surface area contributed by atoms with Crippen molar-refractivity contribution in [1.29, 1.82) is 5.26 Å². The quantitative estimate of drug-likeness (QED) is 0.931. The van der Waals surface area contributed by atoms with Crippen LogP contribution in [0.1, 0.15) is 23.7 Å². The van der Waals surface area contributed by atoms with E-state index in [1.54, 1.807) is 16.8 Å². The summed E-state index contributed by atoms with van der Waals surface area (Å²) in [5, 5.41) is 16.2. The Morgan fingerprint density at radius 1 is 1.50 bits per heavy atom. The van der Waals surface area contributed by atoms with Gasteiger partial charge in [0.15, 0.2) is 5.82 Å². The molecule has 0 saturated heterocycles. The zero-order valence-electron chi connectivity index (χ0n) is 11.2. The maximum absolute atomic E-state index is 14.1. The van der Waals surface area contributed by atoms with Gasteiger partial charge in [0.1, 0.15) is 6.07 Å². The lowest BCUT2D eigenvalue weighted by Crippen LogP contribution is -2.03. The first kappa shape index (κ1) is 14.5. The molecule has 6 heteroatoms. The second kappa shape index (κ2) is 6.06. The van der Waals surface area contributed by atoms with Crippen LogP contribution in [0.4, 0.5) is 10.1 Å². The van der Waals surface area contributed by atoms with Gasteiger partial charge >= 0.3 is 0 Å². The molecule has 0 aliphatic rings. The number of hydrogen-bond donors (Lipinski definition) is 1. The van der Waals surface area contributed by atoms with Crippen molar-refractivity contribution >= 4 is 21.6 Å². The molecule has 1 heterocycles. The van der Waals surface area contributed by atoms with Crippen molar-refractivity contribution in [2.24, 2.45) is 7.05 Å². The third-order valence-corrected chi connectivity index (χ3v) is 3.77. The Morgan fingerprint density at radius 2 is 2.25 bits per heavy atom. The molecule has 0 aliphatic carbocycles. The van der Waals surface area contributed by atoms with Crippen LogP contribution in [-0.2, 0) is 20.0 Å². The zero-order valence-corrected chi connectivity index (χ0v) is 12.8. The van der Waals surface area contributed by atoms with Crippen molar-refractivity contribution in [3.8, 4) is 6.07 Å². The molecule has 0 radical (unpaired) electrons. The number of aromatic nitrogens is 2. The monoisotopic (exact) mass is 336 g/mol. The fourth-order valence-corrected chi connectivity index (χ4v) is 2.43. The van der Waals surface area contributed by atoms with Gasteiger partial charge < -0.3 is 5.32 Å².